The van der Waals surface area contributed by atoms with Crippen LogP contribution in [0.15, 0.2) is 18.2 Å². The van der Waals surface area contributed by atoms with E-state index in [4.69, 9.17) is 14.2 Å². The van der Waals surface area contributed by atoms with Gasteiger partial charge in [0.1, 0.15) is 18.0 Å². The molecule has 5 unspecified atom stereocenters. The molecule has 166 valence electrons. The molecule has 0 amide bonds. The van der Waals surface area contributed by atoms with Crippen LogP contribution in [0.25, 0.3) is 0 Å². The highest BCUT2D eigenvalue weighted by atomic mass is 16.7. The van der Waals surface area contributed by atoms with Gasteiger partial charge in [0.25, 0.3) is 0 Å². The molecule has 5 atom stereocenters. The summed E-state index contributed by atoms with van der Waals surface area (Å²) in [5.74, 6) is 0.0214. The number of benzene rings is 1. The number of rotatable bonds is 6. The molecule has 1 aromatic rings. The van der Waals surface area contributed by atoms with Gasteiger partial charge in [0.2, 0.25) is 6.29 Å². The lowest BCUT2D eigenvalue weighted by Crippen LogP contribution is -2.56. The molecule has 0 radical (unpaired) electrons. The summed E-state index contributed by atoms with van der Waals surface area (Å²) in [6.07, 6.45) is -3.79. The van der Waals surface area contributed by atoms with E-state index in [9.17, 15) is 15.3 Å². The monoisotopic (exact) mass is 411 g/mol. The van der Waals surface area contributed by atoms with Gasteiger partial charge in [0, 0.05) is 11.5 Å². The Kier molecular flexibility index (Phi) is 7.57. The van der Waals surface area contributed by atoms with Crippen LogP contribution in [0.3, 0.4) is 0 Å². The van der Waals surface area contributed by atoms with Gasteiger partial charge in [-0.25, -0.2) is 0 Å². The summed E-state index contributed by atoms with van der Waals surface area (Å²) in [4.78, 5) is 0. The van der Waals surface area contributed by atoms with Crippen molar-refractivity contribution in [1.82, 2.24) is 0 Å². The Hall–Kier alpha value is -1.38. The summed E-state index contributed by atoms with van der Waals surface area (Å²) < 4.78 is 17.5. The van der Waals surface area contributed by atoms with Crippen molar-refractivity contribution in [2.75, 3.05) is 11.9 Å². The number of nitrogens with one attached hydrogen (secondary N) is 1. The Morgan fingerprint density at radius 3 is 2.28 bits per heavy atom. The van der Waals surface area contributed by atoms with E-state index in [1.165, 1.54) is 0 Å². The molecular formula is C22H37NO6. The molecule has 1 heterocycles. The molecule has 1 aliphatic heterocycles. The number of anilines is 1. The molecule has 0 aromatic heterocycles. The Bertz CT molecular complexity index is 664. The van der Waals surface area contributed by atoms with Crippen molar-refractivity contribution in [3.8, 4) is 5.75 Å². The highest BCUT2D eigenvalue weighted by molar-refractivity contribution is 5.59. The first kappa shape index (κ1) is 23.9. The van der Waals surface area contributed by atoms with E-state index < -0.39 is 30.5 Å². The quantitative estimate of drug-likeness (QED) is 0.571. The minimum Gasteiger partial charge on any atom is -0.460 e. The van der Waals surface area contributed by atoms with Gasteiger partial charge in [-0.05, 0) is 59.2 Å². The van der Waals surface area contributed by atoms with Crippen molar-refractivity contribution in [3.63, 3.8) is 0 Å². The summed E-state index contributed by atoms with van der Waals surface area (Å²) in [5.41, 5.74) is 1.28. The maximum absolute atomic E-state index is 10.5. The average Bonchev–Trinajstić information content (AvgIpc) is 2.60. The first-order chi connectivity index (χ1) is 13.3. The van der Waals surface area contributed by atoms with Crippen LogP contribution in [0.5, 0.6) is 5.75 Å². The fourth-order valence-electron chi connectivity index (χ4n) is 3.07. The van der Waals surface area contributed by atoms with Gasteiger partial charge in [-0.2, -0.15) is 0 Å². The molecule has 1 aromatic carbocycles. The molecule has 1 saturated heterocycles. The van der Waals surface area contributed by atoms with Crippen LogP contribution < -0.4 is 10.1 Å². The van der Waals surface area contributed by atoms with Crippen molar-refractivity contribution in [3.05, 3.63) is 23.8 Å². The van der Waals surface area contributed by atoms with Gasteiger partial charge < -0.3 is 34.8 Å². The van der Waals surface area contributed by atoms with E-state index in [0.29, 0.717) is 12.4 Å². The minimum atomic E-state index is -1.03. The SMILES string of the molecule is CC1C(O)C(CO)OC(Oc2ccc(COC(C)(C)C)cc2NC(C)(C)C)C1O. The average molecular weight is 412 g/mol. The standard InChI is InChI=1S/C22H37NO6/c1-13-18(25)17(11-24)29-20(19(13)26)28-16-9-8-14(12-27-22(5,6)7)10-15(16)23-21(2,3)4/h8-10,13,17-20,23-26H,11-12H2,1-7H3. The van der Waals surface area contributed by atoms with Crippen LogP contribution in [-0.4, -0.2) is 57.7 Å². The predicted molar refractivity (Wildman–Crippen MR) is 112 cm³/mol. The molecule has 0 saturated carbocycles. The zero-order valence-electron chi connectivity index (χ0n) is 18.6. The maximum atomic E-state index is 10.5. The van der Waals surface area contributed by atoms with Crippen LogP contribution in [0, 0.1) is 5.92 Å². The van der Waals surface area contributed by atoms with E-state index >= 15 is 0 Å². The molecule has 2 rings (SSSR count). The third-order valence-electron chi connectivity index (χ3n) is 4.69. The summed E-state index contributed by atoms with van der Waals surface area (Å²) in [6, 6.07) is 5.68. The summed E-state index contributed by atoms with van der Waals surface area (Å²) >= 11 is 0. The van der Waals surface area contributed by atoms with E-state index in [2.05, 4.69) is 5.32 Å². The predicted octanol–water partition coefficient (Wildman–Crippen LogP) is 2.67. The Labute approximate surface area is 174 Å². The molecule has 0 bridgehead atoms. The second-order valence-corrected chi connectivity index (χ2v) is 9.79. The van der Waals surface area contributed by atoms with Gasteiger partial charge in [-0.15, -0.1) is 0 Å². The smallest absolute Gasteiger partial charge is 0.227 e. The largest absolute Gasteiger partial charge is 0.460 e. The highest BCUT2D eigenvalue weighted by Crippen LogP contribution is 2.34. The molecule has 7 heteroatoms. The summed E-state index contributed by atoms with van der Waals surface area (Å²) in [5, 5.41) is 33.5. The third kappa shape index (κ3) is 6.83. The van der Waals surface area contributed by atoms with Crippen molar-refractivity contribution in [1.29, 1.82) is 0 Å². The van der Waals surface area contributed by atoms with Crippen LogP contribution in [-0.2, 0) is 16.1 Å². The first-order valence-corrected chi connectivity index (χ1v) is 10.1. The van der Waals surface area contributed by atoms with Gasteiger partial charge in [0.15, 0.2) is 0 Å². The molecule has 4 N–H and O–H groups in total. The Morgan fingerprint density at radius 1 is 1.07 bits per heavy atom. The van der Waals surface area contributed by atoms with E-state index in [1.54, 1.807) is 6.92 Å². The van der Waals surface area contributed by atoms with Crippen molar-refractivity contribution in [2.45, 2.75) is 90.8 Å². The second-order valence-electron chi connectivity index (χ2n) is 9.79. The lowest BCUT2D eigenvalue weighted by molar-refractivity contribution is -0.260. The maximum Gasteiger partial charge on any atom is 0.227 e. The zero-order valence-corrected chi connectivity index (χ0v) is 18.6. The van der Waals surface area contributed by atoms with E-state index in [0.717, 1.165) is 11.3 Å². The van der Waals surface area contributed by atoms with Gasteiger partial charge >= 0.3 is 0 Å². The number of aliphatic hydroxyl groups excluding tert-OH is 3. The minimum absolute atomic E-state index is 0.217. The fourth-order valence-corrected chi connectivity index (χ4v) is 3.07. The molecular weight excluding hydrogens is 374 g/mol. The fraction of sp³-hybridized carbons (Fsp3) is 0.727. The number of ether oxygens (including phenoxy) is 3. The van der Waals surface area contributed by atoms with Crippen molar-refractivity contribution >= 4 is 5.69 Å². The van der Waals surface area contributed by atoms with Gasteiger partial charge in [-0.1, -0.05) is 13.0 Å². The number of hydrogen-bond donors (Lipinski definition) is 4. The normalized spacial score (nSPS) is 28.3. The zero-order chi connectivity index (χ0) is 22.0. The number of hydrogen-bond acceptors (Lipinski definition) is 7. The topological polar surface area (TPSA) is 100 Å². The molecule has 7 nitrogen and oxygen atoms in total. The van der Waals surface area contributed by atoms with Gasteiger partial charge in [0.05, 0.1) is 30.6 Å². The van der Waals surface area contributed by atoms with Gasteiger partial charge in [-0.3, -0.25) is 0 Å². The third-order valence-corrected chi connectivity index (χ3v) is 4.69. The van der Waals surface area contributed by atoms with Crippen LogP contribution >= 0.6 is 0 Å². The summed E-state index contributed by atoms with van der Waals surface area (Å²) in [6.45, 7) is 14.0. The summed E-state index contributed by atoms with van der Waals surface area (Å²) in [7, 11) is 0. The highest BCUT2D eigenvalue weighted by Gasteiger charge is 2.43. The molecule has 1 fully saturated rings. The molecule has 1 aliphatic rings. The van der Waals surface area contributed by atoms with E-state index in [1.807, 2.05) is 59.7 Å². The molecule has 0 aliphatic carbocycles. The molecule has 0 spiro atoms. The van der Waals surface area contributed by atoms with Crippen LogP contribution in [0.2, 0.25) is 0 Å². The van der Waals surface area contributed by atoms with Crippen LogP contribution in [0.4, 0.5) is 5.69 Å². The molecule has 29 heavy (non-hydrogen) atoms. The lowest BCUT2D eigenvalue weighted by Gasteiger charge is -2.41. The van der Waals surface area contributed by atoms with Crippen molar-refractivity contribution in [2.24, 2.45) is 5.92 Å². The second kappa shape index (κ2) is 9.18. The van der Waals surface area contributed by atoms with Crippen molar-refractivity contribution < 1.29 is 29.5 Å². The lowest BCUT2D eigenvalue weighted by atomic mass is 9.91. The van der Waals surface area contributed by atoms with E-state index in [-0.39, 0.29) is 17.7 Å². The number of aliphatic hydroxyl groups is 3. The Balaban J connectivity index is 2.25. The van der Waals surface area contributed by atoms with Crippen LogP contribution in [0.1, 0.15) is 54.0 Å². The Morgan fingerprint density at radius 2 is 1.72 bits per heavy atom. The first-order valence-electron chi connectivity index (χ1n) is 10.1.